The Morgan fingerprint density at radius 2 is 2.15 bits per heavy atom. The third-order valence-corrected chi connectivity index (χ3v) is 4.19. The van der Waals surface area contributed by atoms with E-state index in [9.17, 15) is 8.78 Å². The molecule has 0 aliphatic carbocycles. The summed E-state index contributed by atoms with van der Waals surface area (Å²) in [4.78, 5) is 6.14. The fraction of sp³-hybridized carbons (Fsp3) is 0.611. The molecule has 0 saturated carbocycles. The molecule has 1 saturated heterocycles. The molecule has 8 heteroatoms. The molecule has 0 bridgehead atoms. The van der Waals surface area contributed by atoms with Crippen molar-refractivity contribution < 1.29 is 18.3 Å². The van der Waals surface area contributed by atoms with Gasteiger partial charge in [-0.3, -0.25) is 4.99 Å². The molecule has 6 nitrogen and oxygen atoms in total. The maximum absolute atomic E-state index is 13.9. The van der Waals surface area contributed by atoms with E-state index in [2.05, 4.69) is 15.6 Å². The van der Waals surface area contributed by atoms with Gasteiger partial charge in [0.05, 0.1) is 18.9 Å². The van der Waals surface area contributed by atoms with Gasteiger partial charge in [0.25, 0.3) is 0 Å². The largest absolute Gasteiger partial charge is 0.382 e. The van der Waals surface area contributed by atoms with Gasteiger partial charge in [-0.1, -0.05) is 0 Å². The van der Waals surface area contributed by atoms with Crippen LogP contribution in [0, 0.1) is 11.6 Å². The molecule has 26 heavy (non-hydrogen) atoms. The van der Waals surface area contributed by atoms with Crippen LogP contribution in [0.4, 0.5) is 14.5 Å². The number of anilines is 1. The van der Waals surface area contributed by atoms with Gasteiger partial charge in [-0.25, -0.2) is 8.78 Å². The van der Waals surface area contributed by atoms with E-state index in [0.717, 1.165) is 25.5 Å². The first kappa shape index (κ1) is 20.4. The molecular formula is C18H28F2N4O2. The zero-order valence-electron chi connectivity index (χ0n) is 15.4. The number of rotatable bonds is 9. The number of guanidine groups is 1. The highest BCUT2D eigenvalue weighted by atomic mass is 19.1. The number of nitrogens with one attached hydrogen (secondary N) is 2. The van der Waals surface area contributed by atoms with Crippen molar-refractivity contribution in [1.82, 2.24) is 10.6 Å². The average Bonchev–Trinajstić information content (AvgIpc) is 3.08. The number of hydrogen-bond acceptors (Lipinski definition) is 4. The van der Waals surface area contributed by atoms with Crippen LogP contribution in [-0.4, -0.2) is 65.6 Å². The van der Waals surface area contributed by atoms with Crippen LogP contribution in [0.5, 0.6) is 0 Å². The van der Waals surface area contributed by atoms with Crippen LogP contribution in [0.1, 0.15) is 12.8 Å². The number of ether oxygens (including phenoxy) is 2. The van der Waals surface area contributed by atoms with Crippen LogP contribution < -0.4 is 15.5 Å². The summed E-state index contributed by atoms with van der Waals surface area (Å²) < 4.78 is 37.3. The first-order valence-electron chi connectivity index (χ1n) is 8.88. The van der Waals surface area contributed by atoms with E-state index in [1.54, 1.807) is 14.2 Å². The van der Waals surface area contributed by atoms with Crippen molar-refractivity contribution in [3.8, 4) is 0 Å². The Morgan fingerprint density at radius 1 is 1.31 bits per heavy atom. The number of nitrogens with zero attached hydrogens (tertiary/aromatic N) is 2. The number of halogens is 2. The molecule has 0 spiro atoms. The summed E-state index contributed by atoms with van der Waals surface area (Å²) in [5.74, 6) is -0.370. The normalized spacial score (nSPS) is 17.6. The SMILES string of the molecule is CN=C(NCCCOCCOC)NC1CCN(c2ccc(F)cc2F)C1. The predicted octanol–water partition coefficient (Wildman–Crippen LogP) is 1.76. The van der Waals surface area contributed by atoms with Gasteiger partial charge in [-0.2, -0.15) is 0 Å². The van der Waals surface area contributed by atoms with Crippen LogP contribution >= 0.6 is 0 Å². The number of methoxy groups -OCH3 is 1. The number of aliphatic imine (C=N–C) groups is 1. The Kier molecular flexibility index (Phi) is 8.57. The maximum Gasteiger partial charge on any atom is 0.191 e. The highest BCUT2D eigenvalue weighted by molar-refractivity contribution is 5.80. The van der Waals surface area contributed by atoms with Gasteiger partial charge in [0.2, 0.25) is 0 Å². The molecule has 1 aromatic rings. The minimum atomic E-state index is -0.559. The topological polar surface area (TPSA) is 58.1 Å². The molecule has 1 unspecified atom stereocenters. The molecule has 0 aromatic heterocycles. The summed E-state index contributed by atoms with van der Waals surface area (Å²) in [6, 6.07) is 3.85. The lowest BCUT2D eigenvalue weighted by Crippen LogP contribution is -2.45. The summed E-state index contributed by atoms with van der Waals surface area (Å²) in [7, 11) is 3.37. The molecule has 0 amide bonds. The lowest BCUT2D eigenvalue weighted by Gasteiger charge is -2.21. The van der Waals surface area contributed by atoms with Crippen LogP contribution in [0.15, 0.2) is 23.2 Å². The molecule has 2 rings (SSSR count). The van der Waals surface area contributed by atoms with Crippen LogP contribution in [-0.2, 0) is 9.47 Å². The average molecular weight is 370 g/mol. The molecule has 1 aliphatic heterocycles. The highest BCUT2D eigenvalue weighted by Gasteiger charge is 2.25. The van der Waals surface area contributed by atoms with E-state index in [1.165, 1.54) is 12.1 Å². The van der Waals surface area contributed by atoms with E-state index < -0.39 is 11.6 Å². The van der Waals surface area contributed by atoms with Gasteiger partial charge in [0.15, 0.2) is 5.96 Å². The summed E-state index contributed by atoms with van der Waals surface area (Å²) in [6.07, 6.45) is 1.72. The van der Waals surface area contributed by atoms with Crippen LogP contribution in [0.2, 0.25) is 0 Å². The summed E-state index contributed by atoms with van der Waals surface area (Å²) in [5.41, 5.74) is 0.437. The molecule has 1 fully saturated rings. The van der Waals surface area contributed by atoms with Crippen LogP contribution in [0.25, 0.3) is 0 Å². The van der Waals surface area contributed by atoms with Gasteiger partial charge >= 0.3 is 0 Å². The molecule has 2 N–H and O–H groups in total. The summed E-state index contributed by atoms with van der Waals surface area (Å²) >= 11 is 0. The summed E-state index contributed by atoms with van der Waals surface area (Å²) in [6.45, 7) is 3.96. The second-order valence-corrected chi connectivity index (χ2v) is 6.13. The Hall–Kier alpha value is -1.93. The molecule has 146 valence electrons. The molecular weight excluding hydrogens is 342 g/mol. The predicted molar refractivity (Wildman–Crippen MR) is 98.8 cm³/mol. The first-order chi connectivity index (χ1) is 12.6. The van der Waals surface area contributed by atoms with Crippen molar-refractivity contribution in [2.75, 3.05) is 58.5 Å². The molecule has 1 aliphatic rings. The van der Waals surface area contributed by atoms with Crippen molar-refractivity contribution >= 4 is 11.6 Å². The Morgan fingerprint density at radius 3 is 2.88 bits per heavy atom. The van der Waals surface area contributed by atoms with Gasteiger partial charge in [0.1, 0.15) is 11.6 Å². The highest BCUT2D eigenvalue weighted by Crippen LogP contribution is 2.24. The van der Waals surface area contributed by atoms with Gasteiger partial charge in [0, 0.05) is 52.5 Å². The smallest absolute Gasteiger partial charge is 0.191 e. The minimum absolute atomic E-state index is 0.156. The van der Waals surface area contributed by atoms with E-state index in [1.807, 2.05) is 4.90 Å². The van der Waals surface area contributed by atoms with E-state index in [-0.39, 0.29) is 6.04 Å². The molecule has 0 radical (unpaired) electrons. The third-order valence-electron chi connectivity index (χ3n) is 4.19. The van der Waals surface area contributed by atoms with Crippen molar-refractivity contribution in [1.29, 1.82) is 0 Å². The molecule has 1 heterocycles. The minimum Gasteiger partial charge on any atom is -0.382 e. The fourth-order valence-electron chi connectivity index (χ4n) is 2.85. The van der Waals surface area contributed by atoms with Crippen molar-refractivity contribution in [3.05, 3.63) is 29.8 Å². The number of benzene rings is 1. The third kappa shape index (κ3) is 6.42. The Labute approximate surface area is 153 Å². The van der Waals surface area contributed by atoms with Crippen molar-refractivity contribution in [3.63, 3.8) is 0 Å². The zero-order valence-corrected chi connectivity index (χ0v) is 15.4. The van der Waals surface area contributed by atoms with Gasteiger partial charge < -0.3 is 25.0 Å². The van der Waals surface area contributed by atoms with E-state index in [4.69, 9.17) is 9.47 Å². The van der Waals surface area contributed by atoms with E-state index >= 15 is 0 Å². The maximum atomic E-state index is 13.9. The van der Waals surface area contributed by atoms with Gasteiger partial charge in [-0.15, -0.1) is 0 Å². The lowest BCUT2D eigenvalue weighted by molar-refractivity contribution is 0.0698. The Bertz CT molecular complexity index is 586. The van der Waals surface area contributed by atoms with E-state index in [0.29, 0.717) is 44.6 Å². The second-order valence-electron chi connectivity index (χ2n) is 6.13. The fourth-order valence-corrected chi connectivity index (χ4v) is 2.85. The lowest BCUT2D eigenvalue weighted by atomic mass is 10.2. The number of hydrogen-bond donors (Lipinski definition) is 2. The zero-order chi connectivity index (χ0) is 18.8. The van der Waals surface area contributed by atoms with Gasteiger partial charge in [-0.05, 0) is 25.0 Å². The standard InChI is InChI=1S/C18H28F2N4O2/c1-21-18(22-7-3-9-26-11-10-25-2)23-15-6-8-24(13-15)17-5-4-14(19)12-16(17)20/h4-5,12,15H,3,6-11,13H2,1-2H3,(H2,21,22,23). The quantitative estimate of drug-likeness (QED) is 0.394. The van der Waals surface area contributed by atoms with Crippen molar-refractivity contribution in [2.24, 2.45) is 4.99 Å². The molecule has 1 aromatic carbocycles. The monoisotopic (exact) mass is 370 g/mol. The Balaban J connectivity index is 1.71. The molecule has 1 atom stereocenters. The first-order valence-corrected chi connectivity index (χ1v) is 8.88. The van der Waals surface area contributed by atoms with Crippen LogP contribution in [0.3, 0.4) is 0 Å². The van der Waals surface area contributed by atoms with Crippen molar-refractivity contribution in [2.45, 2.75) is 18.9 Å². The second kappa shape index (κ2) is 10.9. The summed E-state index contributed by atoms with van der Waals surface area (Å²) in [5, 5.41) is 6.59.